The first-order chi connectivity index (χ1) is 27.1. The molecule has 0 aromatic carbocycles. The zero-order chi connectivity index (χ0) is 41.4. The van der Waals surface area contributed by atoms with Crippen molar-refractivity contribution in [3.05, 3.63) is 36.5 Å². The Morgan fingerprint density at radius 3 is 1.46 bits per heavy atom. The van der Waals surface area contributed by atoms with E-state index in [2.05, 4.69) is 48.8 Å². The van der Waals surface area contributed by atoms with Gasteiger partial charge >= 0.3 is 25.7 Å². The van der Waals surface area contributed by atoms with Crippen molar-refractivity contribution in [3.63, 3.8) is 0 Å². The molecule has 326 valence electrons. The lowest BCUT2D eigenvalue weighted by Crippen LogP contribution is -2.34. The van der Waals surface area contributed by atoms with Gasteiger partial charge in [-0.1, -0.05) is 153 Å². The molecule has 0 amide bonds. The van der Waals surface area contributed by atoms with Crippen molar-refractivity contribution in [2.24, 2.45) is 5.73 Å². The number of carboxylic acids is 1. The Morgan fingerprint density at radius 2 is 0.964 bits per heavy atom. The summed E-state index contributed by atoms with van der Waals surface area (Å²) in [6, 6.07) is -1.53. The van der Waals surface area contributed by atoms with E-state index in [1.54, 1.807) is 0 Å². The minimum Gasteiger partial charge on any atom is -0.480 e. The van der Waals surface area contributed by atoms with Gasteiger partial charge in [-0.25, -0.2) is 4.57 Å². The number of carboxylic acid groups (broad SMARTS) is 1. The molecule has 12 heteroatoms. The minimum atomic E-state index is -4.73. The van der Waals surface area contributed by atoms with E-state index < -0.39 is 51.1 Å². The maximum atomic E-state index is 12.6. The molecule has 0 aromatic heterocycles. The van der Waals surface area contributed by atoms with Crippen LogP contribution in [0.25, 0.3) is 0 Å². The Hall–Kier alpha value is -2.30. The van der Waals surface area contributed by atoms with E-state index in [9.17, 15) is 23.8 Å². The summed E-state index contributed by atoms with van der Waals surface area (Å²) in [5.41, 5.74) is 5.33. The quantitative estimate of drug-likeness (QED) is 0.0232. The maximum absolute atomic E-state index is 12.6. The number of carbonyl (C=O) groups excluding carboxylic acids is 2. The number of ether oxygens (including phenoxy) is 2. The van der Waals surface area contributed by atoms with Gasteiger partial charge in [0.2, 0.25) is 0 Å². The van der Waals surface area contributed by atoms with Gasteiger partial charge in [0.15, 0.2) is 6.10 Å². The minimum absolute atomic E-state index is 0.0961. The number of hydrogen-bond donors (Lipinski definition) is 3. The van der Waals surface area contributed by atoms with Gasteiger partial charge in [0.1, 0.15) is 12.6 Å². The highest BCUT2D eigenvalue weighted by Gasteiger charge is 2.28. The summed E-state index contributed by atoms with van der Waals surface area (Å²) in [5, 5.41) is 8.88. The van der Waals surface area contributed by atoms with Gasteiger partial charge in [-0.15, -0.1) is 0 Å². The SMILES string of the molecule is CCCCCCCC/C=C/CCCCCCCC(=O)OC[C@H](COP(=O)(O)OC[C@H](N)C(=O)O)OC(=O)CCC/C=C/C/C=C/CCCCCCCCCCC. The van der Waals surface area contributed by atoms with Crippen LogP contribution in [0.1, 0.15) is 194 Å². The number of phosphoric acid groups is 1. The van der Waals surface area contributed by atoms with Crippen LogP contribution in [-0.2, 0) is 37.5 Å². The number of phosphoric ester groups is 1. The van der Waals surface area contributed by atoms with Crippen LogP contribution in [0.15, 0.2) is 36.5 Å². The van der Waals surface area contributed by atoms with Crippen molar-refractivity contribution in [3.8, 4) is 0 Å². The van der Waals surface area contributed by atoms with Gasteiger partial charge in [0.25, 0.3) is 0 Å². The molecule has 0 fully saturated rings. The predicted octanol–water partition coefficient (Wildman–Crippen LogP) is 11.6. The van der Waals surface area contributed by atoms with Crippen LogP contribution in [0.4, 0.5) is 0 Å². The van der Waals surface area contributed by atoms with Crippen molar-refractivity contribution in [1.29, 1.82) is 0 Å². The van der Waals surface area contributed by atoms with Crippen molar-refractivity contribution in [2.45, 2.75) is 206 Å². The summed E-state index contributed by atoms with van der Waals surface area (Å²) >= 11 is 0. The summed E-state index contributed by atoms with van der Waals surface area (Å²) in [6.07, 6.45) is 42.2. The smallest absolute Gasteiger partial charge is 0.472 e. The molecule has 0 saturated heterocycles. The molecule has 0 bridgehead atoms. The van der Waals surface area contributed by atoms with Gasteiger partial charge in [-0.2, -0.15) is 0 Å². The van der Waals surface area contributed by atoms with E-state index >= 15 is 0 Å². The molecule has 3 atom stereocenters. The zero-order valence-corrected chi connectivity index (χ0v) is 36.1. The van der Waals surface area contributed by atoms with E-state index in [0.29, 0.717) is 19.3 Å². The number of esters is 2. The van der Waals surface area contributed by atoms with Crippen LogP contribution < -0.4 is 5.73 Å². The third kappa shape index (κ3) is 38.6. The van der Waals surface area contributed by atoms with Crippen LogP contribution in [0.3, 0.4) is 0 Å². The number of aliphatic carboxylic acids is 1. The van der Waals surface area contributed by atoms with Crippen molar-refractivity contribution >= 4 is 25.7 Å². The molecule has 0 aliphatic heterocycles. The number of allylic oxidation sites excluding steroid dienone is 6. The van der Waals surface area contributed by atoms with Crippen LogP contribution >= 0.6 is 7.82 Å². The Balaban J connectivity index is 4.43. The first kappa shape index (κ1) is 53.7. The summed E-state index contributed by atoms with van der Waals surface area (Å²) in [5.74, 6) is -2.44. The molecule has 11 nitrogen and oxygen atoms in total. The van der Waals surface area contributed by atoms with E-state index in [1.165, 1.54) is 96.3 Å². The monoisotopic (exact) mass is 814 g/mol. The summed E-state index contributed by atoms with van der Waals surface area (Å²) in [6.45, 7) is 2.75. The third-order valence-electron chi connectivity index (χ3n) is 9.36. The highest BCUT2D eigenvalue weighted by atomic mass is 31.2. The van der Waals surface area contributed by atoms with Crippen LogP contribution in [0.5, 0.6) is 0 Å². The summed E-state index contributed by atoms with van der Waals surface area (Å²) in [4.78, 5) is 45.9. The van der Waals surface area contributed by atoms with Crippen LogP contribution in [0.2, 0.25) is 0 Å². The van der Waals surface area contributed by atoms with Crippen LogP contribution in [-0.4, -0.2) is 59.9 Å². The molecule has 0 heterocycles. The molecule has 56 heavy (non-hydrogen) atoms. The second-order valence-electron chi connectivity index (χ2n) is 14.8. The van der Waals surface area contributed by atoms with Crippen LogP contribution in [0, 0.1) is 0 Å². The largest absolute Gasteiger partial charge is 0.480 e. The number of rotatable bonds is 41. The molecular formula is C44H80NO10P. The molecule has 0 aromatic rings. The molecule has 0 spiro atoms. The lowest BCUT2D eigenvalue weighted by Gasteiger charge is -2.20. The molecule has 0 saturated carbocycles. The zero-order valence-electron chi connectivity index (χ0n) is 35.2. The predicted molar refractivity (Wildman–Crippen MR) is 226 cm³/mol. The number of unbranched alkanes of at least 4 members (excludes halogenated alkanes) is 21. The average molecular weight is 814 g/mol. The highest BCUT2D eigenvalue weighted by molar-refractivity contribution is 7.47. The van der Waals surface area contributed by atoms with Crippen molar-refractivity contribution in [1.82, 2.24) is 0 Å². The lowest BCUT2D eigenvalue weighted by molar-refractivity contribution is -0.161. The molecule has 0 aliphatic rings. The molecule has 0 aliphatic carbocycles. The molecular weight excluding hydrogens is 733 g/mol. The first-order valence-corrected chi connectivity index (χ1v) is 23.5. The van der Waals surface area contributed by atoms with E-state index in [0.717, 1.165) is 51.4 Å². The van der Waals surface area contributed by atoms with E-state index in [-0.39, 0.29) is 19.4 Å². The highest BCUT2D eigenvalue weighted by Crippen LogP contribution is 2.43. The lowest BCUT2D eigenvalue weighted by atomic mass is 10.1. The van der Waals surface area contributed by atoms with Crippen molar-refractivity contribution < 1.29 is 47.5 Å². The Kier molecular flexibility index (Phi) is 37.9. The number of carbonyl (C=O) groups is 3. The van der Waals surface area contributed by atoms with Gasteiger partial charge in [0.05, 0.1) is 13.2 Å². The normalized spacial score (nSPS) is 14.1. The summed E-state index contributed by atoms with van der Waals surface area (Å²) < 4.78 is 32.6. The van der Waals surface area contributed by atoms with Gasteiger partial charge < -0.3 is 25.2 Å². The second-order valence-corrected chi connectivity index (χ2v) is 16.3. The average Bonchev–Trinajstić information content (AvgIpc) is 3.17. The Labute approximate surface area is 340 Å². The van der Waals surface area contributed by atoms with Gasteiger partial charge in [-0.3, -0.25) is 23.4 Å². The molecule has 4 N–H and O–H groups in total. The fourth-order valence-electron chi connectivity index (χ4n) is 5.86. The molecule has 1 unspecified atom stereocenters. The topological polar surface area (TPSA) is 172 Å². The fraction of sp³-hybridized carbons (Fsp3) is 0.795. The fourth-order valence-corrected chi connectivity index (χ4v) is 6.64. The van der Waals surface area contributed by atoms with Gasteiger partial charge in [0, 0.05) is 12.8 Å². The standard InChI is InChI=1S/C44H80NO10P/c1-3-5-7-9-11-13-15-17-19-20-22-24-26-28-30-32-34-36-43(47)55-40(38-53-56(50,51)54-39-41(45)44(48)49)37-52-42(46)35-33-31-29-27-25-23-21-18-16-14-12-10-8-6-4-2/h18,21-22,24,28,30,40-41H,3-17,19-20,23,25-27,29,31-39,45H2,1-2H3,(H,48,49)(H,50,51)/b21-18+,24-22+,30-28+/t40-,41+/m1/s1. The summed E-state index contributed by atoms with van der Waals surface area (Å²) in [7, 11) is -4.73. The number of hydrogen-bond acceptors (Lipinski definition) is 9. The maximum Gasteiger partial charge on any atom is 0.472 e. The Morgan fingerprint density at radius 1 is 0.554 bits per heavy atom. The van der Waals surface area contributed by atoms with E-state index in [4.69, 9.17) is 24.8 Å². The van der Waals surface area contributed by atoms with E-state index in [1.807, 2.05) is 6.08 Å². The molecule has 0 radical (unpaired) electrons. The van der Waals surface area contributed by atoms with Crippen molar-refractivity contribution in [2.75, 3.05) is 19.8 Å². The second kappa shape index (κ2) is 39.5. The van der Waals surface area contributed by atoms with Gasteiger partial charge in [-0.05, 0) is 64.2 Å². The Bertz CT molecular complexity index is 1100. The molecule has 0 rings (SSSR count). The number of nitrogens with two attached hydrogens (primary N) is 1. The first-order valence-electron chi connectivity index (χ1n) is 22.0. The third-order valence-corrected chi connectivity index (χ3v) is 10.3.